The maximum atomic E-state index is 11.4. The highest BCUT2D eigenvalue weighted by Gasteiger charge is 2.45. The van der Waals surface area contributed by atoms with E-state index in [-0.39, 0.29) is 24.0 Å². The topological polar surface area (TPSA) is 68.2 Å². The van der Waals surface area contributed by atoms with Crippen molar-refractivity contribution in [2.45, 2.75) is 63.4 Å². The van der Waals surface area contributed by atoms with Gasteiger partial charge in [0.1, 0.15) is 0 Å². The van der Waals surface area contributed by atoms with Gasteiger partial charge in [-0.2, -0.15) is 0 Å². The number of carbonyl (C=O) groups excluding carboxylic acids is 1. The molecule has 1 N–H and O–H groups in total. The van der Waals surface area contributed by atoms with Gasteiger partial charge in [-0.3, -0.25) is 9.69 Å². The molecule has 1 saturated heterocycles. The van der Waals surface area contributed by atoms with Crippen LogP contribution in [0.4, 0.5) is 0 Å². The zero-order valence-corrected chi connectivity index (χ0v) is 22.0. The number of aliphatic hydroxyl groups excluding tert-OH is 1. The number of allylic oxidation sites excluding steroid dienone is 2. The normalized spacial score (nSPS) is 24.8. The molecule has 4 rings (SSSR count). The predicted octanol–water partition coefficient (Wildman–Crippen LogP) is 5.00. The third kappa shape index (κ3) is 7.99. The second-order valence-corrected chi connectivity index (χ2v) is 10.0. The summed E-state index contributed by atoms with van der Waals surface area (Å²) in [4.78, 5) is 13.8. The molecule has 2 fully saturated rings. The van der Waals surface area contributed by atoms with Gasteiger partial charge in [-0.25, -0.2) is 0 Å². The summed E-state index contributed by atoms with van der Waals surface area (Å²) in [6, 6.07) is 19.0. The molecule has 0 bridgehead atoms. The first-order valence-electron chi connectivity index (χ1n) is 13.6. The zero-order valence-electron chi connectivity index (χ0n) is 22.0. The predicted molar refractivity (Wildman–Crippen MR) is 145 cm³/mol. The highest BCUT2D eigenvalue weighted by Crippen LogP contribution is 2.36. The Hall–Kier alpha value is -2.51. The van der Waals surface area contributed by atoms with Crippen molar-refractivity contribution in [2.24, 2.45) is 5.92 Å². The summed E-state index contributed by atoms with van der Waals surface area (Å²) in [5.41, 5.74) is 3.54. The molecule has 0 spiro atoms. The number of unbranched alkanes of at least 4 members (excludes halogenated alkanes) is 1. The highest BCUT2D eigenvalue weighted by molar-refractivity contribution is 5.69. The summed E-state index contributed by atoms with van der Waals surface area (Å²) in [6.07, 6.45) is 8.45. The molecule has 6 heteroatoms. The maximum Gasteiger partial charge on any atom is 0.305 e. The van der Waals surface area contributed by atoms with E-state index >= 15 is 0 Å². The van der Waals surface area contributed by atoms with Crippen LogP contribution in [0, 0.1) is 5.92 Å². The first kappa shape index (κ1) is 27.5. The number of benzene rings is 2. The standard InChI is InChI=1S/C31H41NO5/c1-35-30(34)13-8-3-2-7-12-27-29(22-28(33)31(27)32-18-9-20-36-21-19-32)37-23-24-14-16-26(17-15-24)25-10-5-4-6-11-25/h2,4-7,10-11,14-17,27-29,31,33H,3,8-9,12-13,18-23H2,1H3/t27-,28+,29-,31+/m0/s1. The van der Waals surface area contributed by atoms with Crippen LogP contribution in [0.5, 0.6) is 0 Å². The van der Waals surface area contributed by atoms with E-state index in [1.165, 1.54) is 18.2 Å². The molecule has 0 amide bonds. The molecule has 37 heavy (non-hydrogen) atoms. The number of ether oxygens (including phenoxy) is 3. The van der Waals surface area contributed by atoms with Gasteiger partial charge in [0.25, 0.3) is 0 Å². The van der Waals surface area contributed by atoms with Crippen molar-refractivity contribution in [1.29, 1.82) is 0 Å². The van der Waals surface area contributed by atoms with Gasteiger partial charge < -0.3 is 19.3 Å². The number of aliphatic hydroxyl groups is 1. The summed E-state index contributed by atoms with van der Waals surface area (Å²) in [6.45, 7) is 3.80. The average molecular weight is 508 g/mol. The molecule has 1 saturated carbocycles. The van der Waals surface area contributed by atoms with Gasteiger partial charge in [0.2, 0.25) is 0 Å². The molecular weight excluding hydrogens is 466 g/mol. The lowest BCUT2D eigenvalue weighted by molar-refractivity contribution is -0.140. The van der Waals surface area contributed by atoms with Crippen LogP contribution in [0.3, 0.4) is 0 Å². The number of carbonyl (C=O) groups is 1. The molecule has 1 aliphatic carbocycles. The van der Waals surface area contributed by atoms with Gasteiger partial charge in [0, 0.05) is 44.5 Å². The fourth-order valence-corrected chi connectivity index (χ4v) is 5.58. The Labute approximate surface area is 221 Å². The monoisotopic (exact) mass is 507 g/mol. The van der Waals surface area contributed by atoms with Gasteiger partial charge in [0.05, 0.1) is 32.5 Å². The van der Waals surface area contributed by atoms with Gasteiger partial charge in [-0.05, 0) is 42.4 Å². The van der Waals surface area contributed by atoms with E-state index in [2.05, 4.69) is 65.6 Å². The molecule has 1 heterocycles. The van der Waals surface area contributed by atoms with E-state index in [9.17, 15) is 9.90 Å². The maximum absolute atomic E-state index is 11.4. The van der Waals surface area contributed by atoms with Crippen LogP contribution in [-0.4, -0.2) is 67.6 Å². The van der Waals surface area contributed by atoms with Crippen LogP contribution in [-0.2, 0) is 25.6 Å². The summed E-state index contributed by atoms with van der Waals surface area (Å²) < 4.78 is 16.9. The molecule has 1 aliphatic heterocycles. The molecule has 0 unspecified atom stereocenters. The van der Waals surface area contributed by atoms with Crippen LogP contribution in [0.15, 0.2) is 66.7 Å². The second kappa shape index (κ2) is 14.4. The minimum atomic E-state index is -0.415. The second-order valence-electron chi connectivity index (χ2n) is 10.0. The highest BCUT2D eigenvalue weighted by atomic mass is 16.5. The first-order chi connectivity index (χ1) is 18.2. The minimum Gasteiger partial charge on any atom is -0.469 e. The number of rotatable bonds is 11. The van der Waals surface area contributed by atoms with Crippen molar-refractivity contribution in [2.75, 3.05) is 33.4 Å². The Kier molecular flexibility index (Phi) is 10.7. The Bertz CT molecular complexity index is 969. The lowest BCUT2D eigenvalue weighted by Crippen LogP contribution is -2.46. The molecule has 2 aliphatic rings. The lowest BCUT2D eigenvalue weighted by Gasteiger charge is -2.34. The van der Waals surface area contributed by atoms with Crippen LogP contribution < -0.4 is 0 Å². The summed E-state index contributed by atoms with van der Waals surface area (Å²) in [5, 5.41) is 11.1. The van der Waals surface area contributed by atoms with Gasteiger partial charge in [-0.1, -0.05) is 66.7 Å². The zero-order chi connectivity index (χ0) is 25.9. The van der Waals surface area contributed by atoms with E-state index in [0.717, 1.165) is 50.9 Å². The van der Waals surface area contributed by atoms with E-state index in [1.54, 1.807) is 0 Å². The van der Waals surface area contributed by atoms with Gasteiger partial charge >= 0.3 is 5.97 Å². The van der Waals surface area contributed by atoms with Crippen LogP contribution in [0.2, 0.25) is 0 Å². The third-order valence-electron chi connectivity index (χ3n) is 7.54. The number of hydrogen-bond donors (Lipinski definition) is 1. The van der Waals surface area contributed by atoms with E-state index in [4.69, 9.17) is 14.2 Å². The summed E-state index contributed by atoms with van der Waals surface area (Å²) in [5.74, 6) is 0.0366. The lowest BCUT2D eigenvalue weighted by atomic mass is 9.94. The minimum absolute atomic E-state index is 0.0160. The van der Waals surface area contributed by atoms with Gasteiger partial charge in [0.15, 0.2) is 0 Å². The van der Waals surface area contributed by atoms with Crippen molar-refractivity contribution < 1.29 is 24.1 Å². The van der Waals surface area contributed by atoms with Crippen molar-refractivity contribution in [3.8, 4) is 11.1 Å². The van der Waals surface area contributed by atoms with Crippen LogP contribution in [0.1, 0.15) is 44.1 Å². The Morgan fingerprint density at radius 3 is 2.62 bits per heavy atom. The molecule has 0 radical (unpaired) electrons. The largest absolute Gasteiger partial charge is 0.469 e. The van der Waals surface area contributed by atoms with Crippen LogP contribution >= 0.6 is 0 Å². The summed E-state index contributed by atoms with van der Waals surface area (Å²) >= 11 is 0. The molecule has 0 aromatic heterocycles. The molecule has 2 aromatic carbocycles. The first-order valence-corrected chi connectivity index (χ1v) is 13.6. The van der Waals surface area contributed by atoms with Crippen molar-refractivity contribution in [1.82, 2.24) is 4.90 Å². The van der Waals surface area contributed by atoms with Crippen molar-refractivity contribution >= 4 is 5.97 Å². The Morgan fingerprint density at radius 2 is 1.84 bits per heavy atom. The number of esters is 1. The van der Waals surface area contributed by atoms with E-state index < -0.39 is 6.10 Å². The Balaban J connectivity index is 1.38. The number of hydrogen-bond acceptors (Lipinski definition) is 6. The molecule has 6 nitrogen and oxygen atoms in total. The fourth-order valence-electron chi connectivity index (χ4n) is 5.58. The summed E-state index contributed by atoms with van der Waals surface area (Å²) in [7, 11) is 1.43. The van der Waals surface area contributed by atoms with Gasteiger partial charge in [-0.15, -0.1) is 0 Å². The molecular formula is C31H41NO5. The van der Waals surface area contributed by atoms with E-state index in [1.807, 2.05) is 6.07 Å². The number of methoxy groups -OCH3 is 1. The molecule has 2 aromatic rings. The fraction of sp³-hybridized carbons (Fsp3) is 0.516. The SMILES string of the molecule is COC(=O)CCCC=CC[C@@H]1[C@@H](N2CCCOCC2)[C@H](O)C[C@@H]1OCc1ccc(-c2ccccc2)cc1. The smallest absolute Gasteiger partial charge is 0.305 e. The van der Waals surface area contributed by atoms with E-state index in [0.29, 0.717) is 26.1 Å². The molecule has 4 atom stereocenters. The van der Waals surface area contributed by atoms with Crippen molar-refractivity contribution in [3.63, 3.8) is 0 Å². The average Bonchev–Trinajstić information content (AvgIpc) is 3.08. The third-order valence-corrected chi connectivity index (χ3v) is 7.54. The number of nitrogens with zero attached hydrogens (tertiary/aromatic N) is 1. The van der Waals surface area contributed by atoms with Crippen LogP contribution in [0.25, 0.3) is 11.1 Å². The Morgan fingerprint density at radius 1 is 1.05 bits per heavy atom. The van der Waals surface area contributed by atoms with Crippen molar-refractivity contribution in [3.05, 3.63) is 72.3 Å². The molecule has 200 valence electrons. The quantitative estimate of drug-likeness (QED) is 0.262.